The van der Waals surface area contributed by atoms with E-state index in [1.54, 1.807) is 11.3 Å². The molecule has 1 aliphatic rings. The minimum Gasteiger partial charge on any atom is -0.490 e. The second-order valence-electron chi connectivity index (χ2n) is 10.9. The van der Waals surface area contributed by atoms with Gasteiger partial charge >= 0.3 is 0 Å². The molecule has 0 N–H and O–H groups in total. The fourth-order valence-electron chi connectivity index (χ4n) is 4.65. The highest BCUT2D eigenvalue weighted by Crippen LogP contribution is 2.40. The van der Waals surface area contributed by atoms with Crippen LogP contribution in [0.2, 0.25) is 0 Å². The molecule has 0 amide bonds. The Bertz CT molecular complexity index is 1480. The van der Waals surface area contributed by atoms with Gasteiger partial charge < -0.3 is 14.4 Å². The smallest absolute Gasteiger partial charge is 0.172 e. The van der Waals surface area contributed by atoms with Crippen LogP contribution in [-0.4, -0.2) is 24.8 Å². The SMILES string of the molecule is CCCCN(CCCC)c1ccc(/C=C/c2ccc(/C=C/C3=C(C#N)C(=C(C#N)C#N)OC3(C)C)s2)c(OC(C)C)c1. The number of benzene rings is 1. The fraction of sp³-hybridized carbons (Fsp3) is 0.400. The van der Waals surface area contributed by atoms with Crippen molar-refractivity contribution in [3.05, 3.63) is 74.2 Å². The van der Waals surface area contributed by atoms with Gasteiger partial charge in [-0.05, 0) is 83.0 Å². The van der Waals surface area contributed by atoms with E-state index in [4.69, 9.17) is 9.47 Å². The molecule has 0 aliphatic carbocycles. The molecule has 2 heterocycles. The van der Waals surface area contributed by atoms with Crippen LogP contribution in [0.1, 0.15) is 82.5 Å². The van der Waals surface area contributed by atoms with E-state index in [0.29, 0.717) is 5.57 Å². The molecule has 2 aromatic rings. The van der Waals surface area contributed by atoms with Crippen LogP contribution in [0.5, 0.6) is 5.75 Å². The van der Waals surface area contributed by atoms with Gasteiger partial charge in [0.05, 0.1) is 6.10 Å². The summed E-state index contributed by atoms with van der Waals surface area (Å²) in [6, 6.07) is 16.4. The summed E-state index contributed by atoms with van der Waals surface area (Å²) in [4.78, 5) is 4.55. The van der Waals surface area contributed by atoms with E-state index in [1.807, 2.05) is 58.1 Å². The minimum atomic E-state index is -0.836. The molecule has 1 aliphatic heterocycles. The van der Waals surface area contributed by atoms with Gasteiger partial charge in [-0.3, -0.25) is 0 Å². The van der Waals surface area contributed by atoms with Crippen molar-refractivity contribution in [1.29, 1.82) is 15.8 Å². The molecule has 0 radical (unpaired) electrons. The number of hydrogen-bond acceptors (Lipinski definition) is 7. The van der Waals surface area contributed by atoms with Gasteiger partial charge in [0.15, 0.2) is 11.3 Å². The van der Waals surface area contributed by atoms with Crippen molar-refractivity contribution >= 4 is 35.3 Å². The fourth-order valence-corrected chi connectivity index (χ4v) is 5.46. The molecule has 7 heteroatoms. The molecule has 0 unspecified atom stereocenters. The lowest BCUT2D eigenvalue weighted by Gasteiger charge is -2.26. The summed E-state index contributed by atoms with van der Waals surface area (Å²) in [5.41, 5.74) is 2.05. The van der Waals surface area contributed by atoms with E-state index in [0.717, 1.165) is 34.2 Å². The average Bonchev–Trinajstić information content (AvgIpc) is 3.52. The summed E-state index contributed by atoms with van der Waals surface area (Å²) in [5.74, 6) is 0.928. The molecule has 6 nitrogen and oxygen atoms in total. The summed E-state index contributed by atoms with van der Waals surface area (Å²) in [6.45, 7) is 14.3. The van der Waals surface area contributed by atoms with Crippen molar-refractivity contribution < 1.29 is 9.47 Å². The van der Waals surface area contributed by atoms with Gasteiger partial charge in [-0.2, -0.15) is 15.8 Å². The lowest BCUT2D eigenvalue weighted by atomic mass is 9.94. The van der Waals surface area contributed by atoms with Crippen LogP contribution in [-0.2, 0) is 4.74 Å². The molecule has 0 fully saturated rings. The highest BCUT2D eigenvalue weighted by molar-refractivity contribution is 7.13. The molecular weight excluding hydrogens is 540 g/mol. The molecule has 42 heavy (non-hydrogen) atoms. The molecule has 0 saturated heterocycles. The van der Waals surface area contributed by atoms with Gasteiger partial charge in [-0.1, -0.05) is 32.8 Å². The van der Waals surface area contributed by atoms with Gasteiger partial charge in [0.2, 0.25) is 0 Å². The third-order valence-corrected chi connectivity index (χ3v) is 7.86. The number of hydrogen-bond donors (Lipinski definition) is 0. The van der Waals surface area contributed by atoms with Gasteiger partial charge in [-0.25, -0.2) is 0 Å². The van der Waals surface area contributed by atoms with Crippen LogP contribution in [0.3, 0.4) is 0 Å². The molecule has 0 atom stereocenters. The number of nitrogens with zero attached hydrogens (tertiary/aromatic N) is 4. The molecule has 0 spiro atoms. The number of thiophene rings is 1. The van der Waals surface area contributed by atoms with Crippen LogP contribution >= 0.6 is 11.3 Å². The van der Waals surface area contributed by atoms with Crippen molar-refractivity contribution in [2.75, 3.05) is 18.0 Å². The Morgan fingerprint density at radius 1 is 0.952 bits per heavy atom. The number of nitriles is 3. The first kappa shape index (κ1) is 32.3. The maximum Gasteiger partial charge on any atom is 0.172 e. The van der Waals surface area contributed by atoms with E-state index in [1.165, 1.54) is 31.4 Å². The number of ether oxygens (including phenoxy) is 2. The molecule has 0 bridgehead atoms. The van der Waals surface area contributed by atoms with E-state index in [2.05, 4.69) is 61.2 Å². The zero-order chi connectivity index (χ0) is 30.7. The maximum atomic E-state index is 9.76. The van der Waals surface area contributed by atoms with Crippen LogP contribution in [0.25, 0.3) is 18.2 Å². The monoisotopic (exact) mass is 580 g/mol. The predicted octanol–water partition coefficient (Wildman–Crippen LogP) is 9.06. The van der Waals surface area contributed by atoms with Crippen LogP contribution in [0, 0.1) is 34.0 Å². The Balaban J connectivity index is 1.86. The van der Waals surface area contributed by atoms with Crippen molar-refractivity contribution in [2.24, 2.45) is 0 Å². The summed E-state index contributed by atoms with van der Waals surface area (Å²) in [6.07, 6.45) is 12.7. The van der Waals surface area contributed by atoms with E-state index >= 15 is 0 Å². The molecule has 0 saturated carbocycles. The summed E-state index contributed by atoms with van der Waals surface area (Å²) < 4.78 is 12.1. The first-order valence-corrected chi connectivity index (χ1v) is 15.4. The summed E-state index contributed by atoms with van der Waals surface area (Å²) in [7, 11) is 0. The summed E-state index contributed by atoms with van der Waals surface area (Å²) >= 11 is 1.62. The minimum absolute atomic E-state index is 0.0474. The third-order valence-electron chi connectivity index (χ3n) is 6.84. The number of rotatable bonds is 13. The highest BCUT2D eigenvalue weighted by Gasteiger charge is 2.38. The zero-order valence-corrected chi connectivity index (χ0v) is 26.3. The molecular formula is C35H40N4O2S. The Morgan fingerprint density at radius 3 is 2.12 bits per heavy atom. The number of allylic oxidation sites excluding steroid dienone is 2. The van der Waals surface area contributed by atoms with Crippen LogP contribution in [0.15, 0.2) is 58.9 Å². The second-order valence-corrected chi connectivity index (χ2v) is 12.1. The Kier molecular flexibility index (Phi) is 11.6. The molecule has 3 rings (SSSR count). The van der Waals surface area contributed by atoms with Crippen LogP contribution in [0.4, 0.5) is 5.69 Å². The van der Waals surface area contributed by atoms with E-state index in [-0.39, 0.29) is 23.0 Å². The second kappa shape index (κ2) is 15.1. The van der Waals surface area contributed by atoms with Crippen molar-refractivity contribution in [3.63, 3.8) is 0 Å². The molecule has 1 aromatic carbocycles. The predicted molar refractivity (Wildman–Crippen MR) is 173 cm³/mol. The molecule has 218 valence electrons. The highest BCUT2D eigenvalue weighted by atomic mass is 32.1. The Labute approximate surface area is 255 Å². The normalized spacial score (nSPS) is 14.2. The Morgan fingerprint density at radius 2 is 1.57 bits per heavy atom. The van der Waals surface area contributed by atoms with Crippen molar-refractivity contribution in [2.45, 2.75) is 78.9 Å². The lowest BCUT2D eigenvalue weighted by molar-refractivity contribution is 0.0954. The van der Waals surface area contributed by atoms with Gasteiger partial charge in [0.1, 0.15) is 35.1 Å². The maximum absolute atomic E-state index is 9.76. The standard InChI is InChI=1S/C35H40N4O2S/c1-7-9-19-39(20-10-8-2)28-13-11-26(33(21-28)40-25(3)4)12-14-29-15-16-30(42-29)17-18-32-31(24-38)34(27(22-36)23-37)41-35(32,5)6/h11-18,21,25H,7-10,19-20H2,1-6H3/b14-12+,18-17+. The third kappa shape index (κ3) is 8.16. The van der Waals surface area contributed by atoms with Gasteiger partial charge in [-0.15, -0.1) is 11.3 Å². The van der Waals surface area contributed by atoms with E-state index < -0.39 is 5.60 Å². The first-order chi connectivity index (χ1) is 20.2. The quantitative estimate of drug-likeness (QED) is 0.219. The molecule has 1 aromatic heterocycles. The number of unbranched alkanes of at least 4 members (excludes halogenated alkanes) is 2. The zero-order valence-electron chi connectivity index (χ0n) is 25.5. The van der Waals surface area contributed by atoms with Crippen LogP contribution < -0.4 is 9.64 Å². The van der Waals surface area contributed by atoms with E-state index in [9.17, 15) is 15.8 Å². The average molecular weight is 581 g/mol. The lowest BCUT2D eigenvalue weighted by Crippen LogP contribution is -2.25. The topological polar surface area (TPSA) is 93.1 Å². The Hall–Kier alpha value is -4.25. The largest absolute Gasteiger partial charge is 0.490 e. The number of anilines is 1. The van der Waals surface area contributed by atoms with Crippen molar-refractivity contribution in [3.8, 4) is 24.0 Å². The van der Waals surface area contributed by atoms with Gasteiger partial charge in [0.25, 0.3) is 0 Å². The van der Waals surface area contributed by atoms with Crippen molar-refractivity contribution in [1.82, 2.24) is 0 Å². The first-order valence-electron chi connectivity index (χ1n) is 14.6. The summed E-state index contributed by atoms with van der Waals surface area (Å²) in [5, 5.41) is 28.3. The van der Waals surface area contributed by atoms with Gasteiger partial charge in [0, 0.05) is 45.7 Å².